The average Bonchev–Trinajstić information content (AvgIpc) is 2.60. The first-order valence-electron chi connectivity index (χ1n) is 9.37. The molecule has 3 rings (SSSR count). The van der Waals surface area contributed by atoms with Gasteiger partial charge in [-0.3, -0.25) is 0 Å². The zero-order valence-electron chi connectivity index (χ0n) is 15.0. The van der Waals surface area contributed by atoms with E-state index in [0.717, 1.165) is 31.2 Å². The van der Waals surface area contributed by atoms with Crippen molar-refractivity contribution >= 4 is 0 Å². The summed E-state index contributed by atoms with van der Waals surface area (Å²) in [6, 6.07) is 2.73. The Kier molecular flexibility index (Phi) is 5.49. The van der Waals surface area contributed by atoms with Crippen LogP contribution in [-0.2, 0) is 12.6 Å². The van der Waals surface area contributed by atoms with E-state index in [0.29, 0.717) is 17.9 Å². The van der Waals surface area contributed by atoms with Gasteiger partial charge in [-0.1, -0.05) is 32.6 Å². The van der Waals surface area contributed by atoms with Gasteiger partial charge in [0.25, 0.3) is 0 Å². The second kappa shape index (κ2) is 7.46. The van der Waals surface area contributed by atoms with Gasteiger partial charge >= 0.3 is 6.18 Å². The Morgan fingerprint density at radius 2 is 1.84 bits per heavy atom. The Labute approximate surface area is 147 Å². The van der Waals surface area contributed by atoms with Crippen LogP contribution >= 0.6 is 0 Å². The highest BCUT2D eigenvalue weighted by molar-refractivity contribution is 5.50. The molecule has 1 aliphatic carbocycles. The molecule has 0 radical (unpaired) electrons. The number of rotatable bonds is 4. The first-order valence-corrected chi connectivity index (χ1v) is 9.37. The van der Waals surface area contributed by atoms with Crippen molar-refractivity contribution in [2.75, 3.05) is 7.11 Å². The highest BCUT2D eigenvalue weighted by Crippen LogP contribution is 2.46. The van der Waals surface area contributed by atoms with E-state index in [1.165, 1.54) is 32.8 Å². The minimum atomic E-state index is -4.43. The average molecular weight is 356 g/mol. The molecule has 1 aromatic rings. The van der Waals surface area contributed by atoms with Gasteiger partial charge < -0.3 is 9.47 Å². The molecule has 25 heavy (non-hydrogen) atoms. The lowest BCUT2D eigenvalue weighted by Crippen LogP contribution is -2.34. The summed E-state index contributed by atoms with van der Waals surface area (Å²) >= 11 is 0. The predicted octanol–water partition coefficient (Wildman–Crippen LogP) is 6.01. The van der Waals surface area contributed by atoms with Gasteiger partial charge in [-0.15, -0.1) is 0 Å². The number of hydrogen-bond donors (Lipinski definition) is 0. The summed E-state index contributed by atoms with van der Waals surface area (Å²) in [5, 5.41) is 0. The van der Waals surface area contributed by atoms with E-state index in [1.807, 2.05) is 0 Å². The van der Waals surface area contributed by atoms with Crippen LogP contribution in [0.4, 0.5) is 13.2 Å². The molecule has 1 aromatic carbocycles. The number of ether oxygens (including phenoxy) is 2. The summed E-state index contributed by atoms with van der Waals surface area (Å²) < 4.78 is 51.4. The van der Waals surface area contributed by atoms with Crippen molar-refractivity contribution in [3.8, 4) is 11.5 Å². The van der Waals surface area contributed by atoms with Crippen LogP contribution in [-0.4, -0.2) is 13.2 Å². The summed E-state index contributed by atoms with van der Waals surface area (Å²) in [7, 11) is 1.39. The van der Waals surface area contributed by atoms with Crippen LogP contribution in [0.2, 0.25) is 0 Å². The van der Waals surface area contributed by atoms with Crippen LogP contribution in [0.25, 0.3) is 0 Å². The minimum Gasteiger partial charge on any atom is -0.497 e. The minimum absolute atomic E-state index is 0.0280. The Bertz CT molecular complexity index is 589. The van der Waals surface area contributed by atoms with Gasteiger partial charge in [0.1, 0.15) is 23.2 Å². The van der Waals surface area contributed by atoms with Crippen molar-refractivity contribution in [3.63, 3.8) is 0 Å². The van der Waals surface area contributed by atoms with Crippen molar-refractivity contribution in [2.45, 2.75) is 70.6 Å². The molecule has 5 heteroatoms. The zero-order chi connectivity index (χ0) is 18.0. The van der Waals surface area contributed by atoms with Crippen molar-refractivity contribution in [1.29, 1.82) is 0 Å². The summed E-state index contributed by atoms with van der Waals surface area (Å²) in [5.74, 6) is 1.44. The molecule has 2 nitrogen and oxygen atoms in total. The molecule has 1 saturated carbocycles. The van der Waals surface area contributed by atoms with Crippen molar-refractivity contribution < 1.29 is 22.6 Å². The molecule has 0 N–H and O–H groups in total. The van der Waals surface area contributed by atoms with Crippen LogP contribution in [0, 0.1) is 11.8 Å². The van der Waals surface area contributed by atoms with Gasteiger partial charge in [0, 0.05) is 0 Å². The van der Waals surface area contributed by atoms with Crippen molar-refractivity contribution in [2.24, 2.45) is 11.8 Å². The number of benzene rings is 1. The predicted molar refractivity (Wildman–Crippen MR) is 91.1 cm³/mol. The molecule has 1 unspecified atom stereocenters. The van der Waals surface area contributed by atoms with Crippen molar-refractivity contribution in [3.05, 3.63) is 23.3 Å². The fourth-order valence-electron chi connectivity index (χ4n) is 4.41. The highest BCUT2D eigenvalue weighted by atomic mass is 19.4. The third-order valence-corrected chi connectivity index (χ3v) is 5.76. The maximum Gasteiger partial charge on any atom is 0.420 e. The number of alkyl halides is 3. The second-order valence-electron chi connectivity index (χ2n) is 7.43. The van der Waals surface area contributed by atoms with Gasteiger partial charge in [-0.2, -0.15) is 13.2 Å². The maximum absolute atomic E-state index is 13.5. The molecule has 1 atom stereocenters. The highest BCUT2D eigenvalue weighted by Gasteiger charge is 2.40. The molecule has 140 valence electrons. The lowest BCUT2D eigenvalue weighted by Gasteiger charge is -2.37. The first kappa shape index (κ1) is 18.4. The van der Waals surface area contributed by atoms with Crippen LogP contribution in [0.3, 0.4) is 0 Å². The Hall–Kier alpha value is -1.39. The molecule has 0 bridgehead atoms. The normalized spacial score (nSPS) is 26.7. The van der Waals surface area contributed by atoms with Crippen LogP contribution in [0.15, 0.2) is 12.1 Å². The summed E-state index contributed by atoms with van der Waals surface area (Å²) in [5.41, 5.74) is -0.0891. The zero-order valence-corrected chi connectivity index (χ0v) is 15.0. The number of methoxy groups -OCH3 is 1. The molecule has 1 fully saturated rings. The maximum atomic E-state index is 13.5. The van der Waals surface area contributed by atoms with Gasteiger partial charge in [0.15, 0.2) is 0 Å². The molecule has 2 aliphatic rings. The lowest BCUT2D eigenvalue weighted by molar-refractivity contribution is -0.140. The summed E-state index contributed by atoms with van der Waals surface area (Å²) in [6.45, 7) is 2.21. The molecule has 0 amide bonds. The van der Waals surface area contributed by atoms with Crippen LogP contribution < -0.4 is 9.47 Å². The standard InChI is InChI=1S/C20H27F3O2/c1-3-4-13-5-7-14(8-6-13)18-10-9-15-11-16(24-2)12-17(19(15)25-18)20(21,22)23/h11-14,18H,3-10H2,1-2H3. The Morgan fingerprint density at radius 1 is 1.12 bits per heavy atom. The van der Waals surface area contributed by atoms with Crippen LogP contribution in [0.5, 0.6) is 11.5 Å². The topological polar surface area (TPSA) is 18.5 Å². The molecular formula is C20H27F3O2. The number of halogens is 3. The molecule has 1 heterocycles. The SMILES string of the molecule is CCCC1CCC(C2CCc3cc(OC)cc(C(F)(F)F)c3O2)CC1. The molecule has 0 saturated heterocycles. The fourth-order valence-corrected chi connectivity index (χ4v) is 4.41. The van der Waals surface area contributed by atoms with E-state index in [9.17, 15) is 13.2 Å². The monoisotopic (exact) mass is 356 g/mol. The summed E-state index contributed by atoms with van der Waals surface area (Å²) in [6.07, 6.45) is 3.86. The lowest BCUT2D eigenvalue weighted by atomic mass is 9.76. The van der Waals surface area contributed by atoms with E-state index < -0.39 is 11.7 Å². The number of aryl methyl sites for hydroxylation is 1. The van der Waals surface area contributed by atoms with Gasteiger partial charge in [0.2, 0.25) is 0 Å². The number of fused-ring (bicyclic) bond motifs is 1. The largest absolute Gasteiger partial charge is 0.497 e. The molecule has 0 aromatic heterocycles. The molecule has 1 aliphatic heterocycles. The summed E-state index contributed by atoms with van der Waals surface area (Å²) in [4.78, 5) is 0. The fraction of sp³-hybridized carbons (Fsp3) is 0.700. The third kappa shape index (κ3) is 4.06. The van der Waals surface area contributed by atoms with E-state index in [2.05, 4.69) is 6.92 Å². The van der Waals surface area contributed by atoms with E-state index in [1.54, 1.807) is 6.07 Å². The van der Waals surface area contributed by atoms with Gasteiger partial charge in [-0.25, -0.2) is 0 Å². The first-order chi connectivity index (χ1) is 11.9. The number of hydrogen-bond acceptors (Lipinski definition) is 2. The van der Waals surface area contributed by atoms with Gasteiger partial charge in [0.05, 0.1) is 7.11 Å². The Balaban J connectivity index is 1.77. The van der Waals surface area contributed by atoms with E-state index >= 15 is 0 Å². The Morgan fingerprint density at radius 3 is 2.44 bits per heavy atom. The van der Waals surface area contributed by atoms with Crippen molar-refractivity contribution in [1.82, 2.24) is 0 Å². The van der Waals surface area contributed by atoms with Crippen LogP contribution in [0.1, 0.15) is 63.0 Å². The second-order valence-corrected chi connectivity index (χ2v) is 7.43. The third-order valence-electron chi connectivity index (χ3n) is 5.76. The smallest absolute Gasteiger partial charge is 0.420 e. The van der Waals surface area contributed by atoms with E-state index in [4.69, 9.17) is 9.47 Å². The molecular weight excluding hydrogens is 329 g/mol. The van der Waals surface area contributed by atoms with Gasteiger partial charge in [-0.05, 0) is 55.2 Å². The quantitative estimate of drug-likeness (QED) is 0.657. The molecule has 0 spiro atoms. The van der Waals surface area contributed by atoms with E-state index in [-0.39, 0.29) is 17.6 Å².